The number of nitrogens with zero attached hydrogens (tertiary/aromatic N) is 4. The summed E-state index contributed by atoms with van der Waals surface area (Å²) in [5, 5.41) is 11.9. The van der Waals surface area contributed by atoms with Crippen molar-refractivity contribution < 1.29 is 9.90 Å². The molecule has 0 atom stereocenters. The molecule has 1 aliphatic carbocycles. The van der Waals surface area contributed by atoms with Crippen LogP contribution in [0.15, 0.2) is 36.4 Å². The molecule has 5 rings (SSSR count). The van der Waals surface area contributed by atoms with E-state index in [0.29, 0.717) is 12.1 Å². The maximum absolute atomic E-state index is 11.8. The minimum atomic E-state index is -0.907. The first-order valence-corrected chi connectivity index (χ1v) is 11.5. The topological polar surface area (TPSA) is 72.9 Å². The number of hydrogen-bond donors (Lipinski definition) is 1. The van der Waals surface area contributed by atoms with Crippen LogP contribution in [0.2, 0.25) is 0 Å². The van der Waals surface area contributed by atoms with Crippen LogP contribution in [0.4, 0.5) is 0 Å². The molecule has 4 aromatic rings. The second-order valence-electron chi connectivity index (χ2n) is 8.74. The molecule has 0 unspecified atom stereocenters. The molecular weight excluding hydrogens is 412 g/mol. The summed E-state index contributed by atoms with van der Waals surface area (Å²) in [7, 11) is 2.07. The van der Waals surface area contributed by atoms with Gasteiger partial charge in [-0.1, -0.05) is 37.3 Å². The number of carboxylic acids is 1. The van der Waals surface area contributed by atoms with Gasteiger partial charge in [0.1, 0.15) is 11.6 Å². The van der Waals surface area contributed by atoms with Gasteiger partial charge >= 0.3 is 5.97 Å². The van der Waals surface area contributed by atoms with Gasteiger partial charge in [0.25, 0.3) is 0 Å². The Labute approximate surface area is 192 Å². The summed E-state index contributed by atoms with van der Waals surface area (Å²) in [5.41, 5.74) is 5.24. The number of fused-ring (bicyclic) bond motifs is 2. The predicted octanol–water partition coefficient (Wildman–Crippen LogP) is 3.80. The molecule has 6 nitrogen and oxygen atoms in total. The van der Waals surface area contributed by atoms with Gasteiger partial charge < -0.3 is 14.2 Å². The molecule has 0 saturated carbocycles. The molecule has 0 aliphatic heterocycles. The van der Waals surface area contributed by atoms with Crippen molar-refractivity contribution in [1.82, 2.24) is 19.1 Å². The van der Waals surface area contributed by atoms with E-state index in [-0.39, 0.29) is 0 Å². The van der Waals surface area contributed by atoms with E-state index in [0.717, 1.165) is 70.4 Å². The van der Waals surface area contributed by atoms with Crippen LogP contribution in [0.1, 0.15) is 53.5 Å². The number of carboxylic acid groups (broad SMARTS) is 1. The summed E-state index contributed by atoms with van der Waals surface area (Å²) in [6, 6.07) is 11.5. The molecule has 2 heterocycles. The van der Waals surface area contributed by atoms with Crippen molar-refractivity contribution in [3.8, 4) is 11.4 Å². The minimum absolute atomic E-state index is 0.331. The Balaban J connectivity index is 1.71. The van der Waals surface area contributed by atoms with Crippen molar-refractivity contribution >= 4 is 29.2 Å². The highest BCUT2D eigenvalue weighted by Crippen LogP contribution is 2.28. The van der Waals surface area contributed by atoms with E-state index < -0.39 is 5.97 Å². The first-order chi connectivity index (χ1) is 16.0. The molecule has 1 aliphatic rings. The average molecular weight is 441 g/mol. The molecule has 33 heavy (non-hydrogen) atoms. The van der Waals surface area contributed by atoms with Crippen LogP contribution in [0.25, 0.3) is 34.6 Å². The summed E-state index contributed by atoms with van der Waals surface area (Å²) in [6.07, 6.45) is 8.32. The zero-order chi connectivity index (χ0) is 23.1. The van der Waals surface area contributed by atoms with Crippen molar-refractivity contribution in [2.75, 3.05) is 0 Å². The van der Waals surface area contributed by atoms with E-state index in [4.69, 9.17) is 9.97 Å². The highest BCUT2D eigenvalue weighted by Gasteiger charge is 2.18. The van der Waals surface area contributed by atoms with Crippen molar-refractivity contribution in [1.29, 1.82) is 0 Å². The van der Waals surface area contributed by atoms with Crippen LogP contribution in [-0.4, -0.2) is 30.2 Å². The molecule has 6 heteroatoms. The zero-order valence-corrected chi connectivity index (χ0v) is 19.3. The predicted molar refractivity (Wildman–Crippen MR) is 131 cm³/mol. The summed E-state index contributed by atoms with van der Waals surface area (Å²) in [6.45, 7) is 4.69. The van der Waals surface area contributed by atoms with E-state index in [1.165, 1.54) is 5.35 Å². The monoisotopic (exact) mass is 440 g/mol. The largest absolute Gasteiger partial charge is 0.478 e. The Morgan fingerprint density at radius 2 is 1.91 bits per heavy atom. The third-order valence-electron chi connectivity index (χ3n) is 6.44. The second kappa shape index (κ2) is 8.35. The van der Waals surface area contributed by atoms with E-state index in [9.17, 15) is 9.90 Å². The fourth-order valence-corrected chi connectivity index (χ4v) is 4.82. The molecule has 1 N–H and O–H groups in total. The number of carbonyl (C=O) groups is 1. The van der Waals surface area contributed by atoms with Crippen LogP contribution in [0.3, 0.4) is 0 Å². The number of imidazole rings is 2. The molecular formula is C27H28N4O2. The van der Waals surface area contributed by atoms with Crippen molar-refractivity contribution in [2.24, 2.45) is 7.05 Å². The van der Waals surface area contributed by atoms with Gasteiger partial charge in [-0.25, -0.2) is 14.8 Å². The Bertz CT molecular complexity index is 1510. The molecule has 0 spiro atoms. The maximum Gasteiger partial charge on any atom is 0.336 e. The first kappa shape index (κ1) is 21.2. The highest BCUT2D eigenvalue weighted by molar-refractivity contribution is 5.89. The average Bonchev–Trinajstić information content (AvgIpc) is 3.33. The van der Waals surface area contributed by atoms with E-state index in [1.807, 2.05) is 12.1 Å². The third-order valence-corrected chi connectivity index (χ3v) is 6.44. The Morgan fingerprint density at radius 3 is 2.67 bits per heavy atom. The Hall–Kier alpha value is -3.67. The van der Waals surface area contributed by atoms with Gasteiger partial charge in [0, 0.05) is 19.0 Å². The quantitative estimate of drug-likeness (QED) is 0.495. The van der Waals surface area contributed by atoms with Crippen molar-refractivity contribution in [3.63, 3.8) is 0 Å². The van der Waals surface area contributed by atoms with E-state index in [1.54, 1.807) is 12.1 Å². The van der Waals surface area contributed by atoms with Gasteiger partial charge in [-0.15, -0.1) is 0 Å². The number of benzene rings is 2. The molecule has 168 valence electrons. The minimum Gasteiger partial charge on any atom is -0.478 e. The van der Waals surface area contributed by atoms with Gasteiger partial charge in [-0.05, 0) is 55.5 Å². The SMILES string of the molecule is CCCc1nc2c(C)cc(-c3nc4c(n3C)=CCCC=4)cc2n1Cc1ccccc1C(=O)O. The first-order valence-electron chi connectivity index (χ1n) is 11.5. The number of hydrogen-bond acceptors (Lipinski definition) is 3. The standard InChI is InChI=1S/C27H28N4O2/c1-4-9-24-29-25-17(2)14-19(26-28-21-12-7-8-13-22(21)30(26)3)15-23(25)31(24)16-18-10-5-6-11-20(18)27(32)33/h5-6,10-15H,4,7-9,16H2,1-3H3,(H,32,33). The number of aromatic nitrogens is 4. The summed E-state index contributed by atoms with van der Waals surface area (Å²) in [4.78, 5) is 21.7. The van der Waals surface area contributed by atoms with Crippen molar-refractivity contribution in [2.45, 2.75) is 46.1 Å². The lowest BCUT2D eigenvalue weighted by Gasteiger charge is -2.12. The fraction of sp³-hybridized carbons (Fsp3) is 0.296. The lowest BCUT2D eigenvalue weighted by Crippen LogP contribution is -2.30. The van der Waals surface area contributed by atoms with E-state index in [2.05, 4.69) is 54.3 Å². The molecule has 0 fully saturated rings. The van der Waals surface area contributed by atoms with Crippen LogP contribution < -0.4 is 10.7 Å². The maximum atomic E-state index is 11.8. The van der Waals surface area contributed by atoms with Gasteiger partial charge in [0.15, 0.2) is 0 Å². The Kier molecular flexibility index (Phi) is 5.36. The second-order valence-corrected chi connectivity index (χ2v) is 8.74. The smallest absolute Gasteiger partial charge is 0.336 e. The normalized spacial score (nSPS) is 12.9. The van der Waals surface area contributed by atoms with Gasteiger partial charge in [-0.3, -0.25) is 0 Å². The number of aryl methyl sites for hydroxylation is 2. The molecule has 0 amide bonds. The molecule has 0 bridgehead atoms. The van der Waals surface area contributed by atoms with Gasteiger partial charge in [0.2, 0.25) is 0 Å². The molecule has 2 aromatic heterocycles. The van der Waals surface area contributed by atoms with Crippen molar-refractivity contribution in [3.05, 3.63) is 69.6 Å². The number of rotatable bonds is 6. The lowest BCUT2D eigenvalue weighted by molar-refractivity contribution is 0.0695. The summed E-state index contributed by atoms with van der Waals surface area (Å²) in [5.74, 6) is 1.01. The van der Waals surface area contributed by atoms with Crippen LogP contribution in [0, 0.1) is 6.92 Å². The Morgan fingerprint density at radius 1 is 1.12 bits per heavy atom. The zero-order valence-electron chi connectivity index (χ0n) is 19.3. The fourth-order valence-electron chi connectivity index (χ4n) is 4.82. The van der Waals surface area contributed by atoms with Gasteiger partial charge in [0.05, 0.1) is 33.8 Å². The van der Waals surface area contributed by atoms with Crippen LogP contribution in [0.5, 0.6) is 0 Å². The molecule has 0 saturated heterocycles. The van der Waals surface area contributed by atoms with Crippen LogP contribution in [-0.2, 0) is 20.0 Å². The van der Waals surface area contributed by atoms with Gasteiger partial charge in [-0.2, -0.15) is 0 Å². The van der Waals surface area contributed by atoms with E-state index >= 15 is 0 Å². The summed E-state index contributed by atoms with van der Waals surface area (Å²) >= 11 is 0. The highest BCUT2D eigenvalue weighted by atomic mass is 16.4. The summed E-state index contributed by atoms with van der Waals surface area (Å²) < 4.78 is 4.34. The third kappa shape index (κ3) is 3.65. The molecule has 0 radical (unpaired) electrons. The number of aromatic carboxylic acids is 1. The molecule has 2 aromatic carbocycles. The van der Waals surface area contributed by atoms with Crippen LogP contribution >= 0.6 is 0 Å². The lowest BCUT2D eigenvalue weighted by atomic mass is 10.1.